The van der Waals surface area contributed by atoms with Crippen molar-refractivity contribution in [2.75, 3.05) is 39.3 Å². The number of ether oxygens (including phenoxy) is 1. The number of aryl methyl sites for hydroxylation is 1. The van der Waals surface area contributed by atoms with Gasteiger partial charge in [0, 0.05) is 32.7 Å². The van der Waals surface area contributed by atoms with Crippen molar-refractivity contribution in [2.24, 2.45) is 14.1 Å². The fourth-order valence-corrected chi connectivity index (χ4v) is 3.36. The first-order valence-electron chi connectivity index (χ1n) is 10.9. The Labute approximate surface area is 186 Å². The molecule has 0 aliphatic rings. The Morgan fingerprint density at radius 1 is 1.00 bits per heavy atom. The number of nitrogens with one attached hydrogen (secondary N) is 1. The third-order valence-electron chi connectivity index (χ3n) is 5.45. The average molecular weight is 442 g/mol. The highest BCUT2D eigenvalue weighted by atomic mass is 16.5. The summed E-state index contributed by atoms with van der Waals surface area (Å²) in [6.45, 7) is 10.1. The first-order chi connectivity index (χ1) is 15.5. The lowest BCUT2D eigenvalue weighted by Crippen LogP contribution is -2.38. The number of rotatable bonds is 11. The van der Waals surface area contributed by atoms with Crippen LogP contribution in [-0.4, -0.2) is 68.5 Å². The van der Waals surface area contributed by atoms with Crippen LogP contribution in [0.2, 0.25) is 0 Å². The highest BCUT2D eigenvalue weighted by molar-refractivity contribution is 5.71. The van der Waals surface area contributed by atoms with Crippen LogP contribution in [0.3, 0.4) is 0 Å². The molecule has 0 unspecified atom stereocenters. The standard InChI is InChI=1S/C22H31N7O3/c1-5-29(6-2)14-13-23-12-7-15-32-17-10-8-16(9-11-17)19-24-18-20(26-25-19)27(3)22(31)28(4)21(18)30/h8-11,23H,5-7,12-15H2,1-4H3. The molecule has 10 nitrogen and oxygen atoms in total. The van der Waals surface area contributed by atoms with Gasteiger partial charge in [-0.15, -0.1) is 10.2 Å². The van der Waals surface area contributed by atoms with E-state index in [0.717, 1.165) is 49.5 Å². The summed E-state index contributed by atoms with van der Waals surface area (Å²) in [5.74, 6) is 1.07. The number of fused-ring (bicyclic) bond motifs is 1. The van der Waals surface area contributed by atoms with Crippen LogP contribution in [0.25, 0.3) is 22.6 Å². The molecule has 0 atom stereocenters. The molecule has 0 aliphatic heterocycles. The van der Waals surface area contributed by atoms with E-state index in [4.69, 9.17) is 4.74 Å². The van der Waals surface area contributed by atoms with Crippen LogP contribution in [0.4, 0.5) is 0 Å². The average Bonchev–Trinajstić information content (AvgIpc) is 2.83. The van der Waals surface area contributed by atoms with Gasteiger partial charge in [0.1, 0.15) is 5.75 Å². The van der Waals surface area contributed by atoms with E-state index in [0.29, 0.717) is 18.0 Å². The van der Waals surface area contributed by atoms with Gasteiger partial charge in [0.25, 0.3) is 5.56 Å². The number of hydrogen-bond donors (Lipinski definition) is 1. The minimum atomic E-state index is -0.495. The predicted octanol–water partition coefficient (Wildman–Crippen LogP) is 0.790. The van der Waals surface area contributed by atoms with Crippen molar-refractivity contribution in [3.05, 3.63) is 45.1 Å². The van der Waals surface area contributed by atoms with Crippen LogP contribution in [-0.2, 0) is 14.1 Å². The van der Waals surface area contributed by atoms with Crippen molar-refractivity contribution in [3.8, 4) is 17.1 Å². The molecule has 0 bridgehead atoms. The Kier molecular flexibility index (Phi) is 8.07. The molecule has 3 rings (SSSR count). The molecule has 0 radical (unpaired) electrons. The Hall–Kier alpha value is -3.11. The molecule has 0 aliphatic carbocycles. The summed E-state index contributed by atoms with van der Waals surface area (Å²) in [5.41, 5.74) is 0.0125. The smallest absolute Gasteiger partial charge is 0.332 e. The predicted molar refractivity (Wildman–Crippen MR) is 124 cm³/mol. The van der Waals surface area contributed by atoms with Crippen LogP contribution in [0.5, 0.6) is 5.75 Å². The van der Waals surface area contributed by atoms with Crippen molar-refractivity contribution >= 4 is 11.2 Å². The van der Waals surface area contributed by atoms with Gasteiger partial charge in [-0.2, -0.15) is 0 Å². The SMILES string of the molecule is CCN(CC)CCNCCCOc1ccc(-c2nnc3c(n2)c(=O)n(C)c(=O)n3C)cc1. The fourth-order valence-electron chi connectivity index (χ4n) is 3.36. The maximum absolute atomic E-state index is 12.4. The Balaban J connectivity index is 1.56. The van der Waals surface area contributed by atoms with Crippen LogP contribution in [0.15, 0.2) is 33.9 Å². The summed E-state index contributed by atoms with van der Waals surface area (Å²) >= 11 is 0. The maximum atomic E-state index is 12.4. The molecule has 172 valence electrons. The monoisotopic (exact) mass is 441 g/mol. The second-order valence-electron chi connectivity index (χ2n) is 7.52. The Bertz CT molecular complexity index is 1150. The van der Waals surface area contributed by atoms with Gasteiger partial charge < -0.3 is 15.0 Å². The van der Waals surface area contributed by atoms with E-state index in [-0.39, 0.29) is 11.2 Å². The number of nitrogens with zero attached hydrogens (tertiary/aromatic N) is 6. The summed E-state index contributed by atoms with van der Waals surface area (Å²) in [4.78, 5) is 31.2. The topological polar surface area (TPSA) is 107 Å². The number of aromatic nitrogens is 5. The summed E-state index contributed by atoms with van der Waals surface area (Å²) in [6.07, 6.45) is 0.916. The van der Waals surface area contributed by atoms with E-state index in [2.05, 4.69) is 39.2 Å². The molecule has 10 heteroatoms. The van der Waals surface area contributed by atoms with Crippen LogP contribution in [0, 0.1) is 0 Å². The number of likely N-dealkylation sites (N-methyl/N-ethyl adjacent to an activating group) is 1. The minimum absolute atomic E-state index is 0.105. The third-order valence-corrected chi connectivity index (χ3v) is 5.45. The molecule has 1 aromatic carbocycles. The minimum Gasteiger partial charge on any atom is -0.494 e. The molecular formula is C22H31N7O3. The summed E-state index contributed by atoms with van der Waals surface area (Å²) in [5, 5.41) is 11.6. The van der Waals surface area contributed by atoms with Crippen molar-refractivity contribution in [1.29, 1.82) is 0 Å². The van der Waals surface area contributed by atoms with Crippen molar-refractivity contribution in [2.45, 2.75) is 20.3 Å². The molecule has 2 aromatic heterocycles. The highest BCUT2D eigenvalue weighted by Gasteiger charge is 2.13. The van der Waals surface area contributed by atoms with Gasteiger partial charge in [-0.05, 0) is 50.3 Å². The van der Waals surface area contributed by atoms with E-state index in [1.807, 2.05) is 24.3 Å². The zero-order chi connectivity index (χ0) is 23.1. The molecule has 0 amide bonds. The van der Waals surface area contributed by atoms with E-state index in [1.165, 1.54) is 18.7 Å². The first kappa shape index (κ1) is 23.6. The number of benzene rings is 1. The summed E-state index contributed by atoms with van der Waals surface area (Å²) in [6, 6.07) is 7.34. The van der Waals surface area contributed by atoms with Crippen LogP contribution >= 0.6 is 0 Å². The molecule has 3 aromatic rings. The Morgan fingerprint density at radius 2 is 1.72 bits per heavy atom. The van der Waals surface area contributed by atoms with E-state index in [9.17, 15) is 9.59 Å². The molecular weight excluding hydrogens is 410 g/mol. The van der Waals surface area contributed by atoms with Crippen LogP contribution < -0.4 is 21.3 Å². The molecule has 1 N–H and O–H groups in total. The molecule has 0 saturated heterocycles. The lowest BCUT2D eigenvalue weighted by Gasteiger charge is -2.17. The zero-order valence-corrected chi connectivity index (χ0v) is 19.2. The maximum Gasteiger partial charge on any atom is 0.332 e. The summed E-state index contributed by atoms with van der Waals surface area (Å²) in [7, 11) is 2.95. The van der Waals surface area contributed by atoms with Crippen molar-refractivity contribution in [3.63, 3.8) is 0 Å². The molecule has 32 heavy (non-hydrogen) atoms. The normalized spacial score (nSPS) is 11.4. The lowest BCUT2D eigenvalue weighted by atomic mass is 10.2. The van der Waals surface area contributed by atoms with Gasteiger partial charge in [-0.1, -0.05) is 13.8 Å². The van der Waals surface area contributed by atoms with Gasteiger partial charge in [0.2, 0.25) is 0 Å². The molecule has 0 spiro atoms. The van der Waals surface area contributed by atoms with E-state index >= 15 is 0 Å². The first-order valence-corrected chi connectivity index (χ1v) is 10.9. The molecule has 0 saturated carbocycles. The van der Waals surface area contributed by atoms with Gasteiger partial charge >= 0.3 is 5.69 Å². The van der Waals surface area contributed by atoms with Gasteiger partial charge in [0.05, 0.1) is 6.61 Å². The largest absolute Gasteiger partial charge is 0.494 e. The quantitative estimate of drug-likeness (QED) is 0.435. The van der Waals surface area contributed by atoms with Crippen LogP contribution in [0.1, 0.15) is 20.3 Å². The second-order valence-corrected chi connectivity index (χ2v) is 7.52. The fraction of sp³-hybridized carbons (Fsp3) is 0.500. The summed E-state index contributed by atoms with van der Waals surface area (Å²) < 4.78 is 8.07. The van der Waals surface area contributed by atoms with Crippen molar-refractivity contribution in [1.82, 2.24) is 34.5 Å². The zero-order valence-electron chi connectivity index (χ0n) is 19.2. The van der Waals surface area contributed by atoms with E-state index < -0.39 is 11.2 Å². The van der Waals surface area contributed by atoms with Crippen molar-refractivity contribution < 1.29 is 4.74 Å². The third kappa shape index (κ3) is 5.38. The molecule has 2 heterocycles. The highest BCUT2D eigenvalue weighted by Crippen LogP contribution is 2.19. The van der Waals surface area contributed by atoms with E-state index in [1.54, 1.807) is 0 Å². The molecule has 0 fully saturated rings. The Morgan fingerprint density at radius 3 is 2.41 bits per heavy atom. The van der Waals surface area contributed by atoms with Gasteiger partial charge in [0.15, 0.2) is 17.0 Å². The second kappa shape index (κ2) is 11.0. The van der Waals surface area contributed by atoms with Gasteiger partial charge in [-0.3, -0.25) is 13.9 Å². The number of hydrogen-bond acceptors (Lipinski definition) is 8. The van der Waals surface area contributed by atoms with Gasteiger partial charge in [-0.25, -0.2) is 9.78 Å². The lowest BCUT2D eigenvalue weighted by molar-refractivity contribution is 0.291.